The number of fused-ring (bicyclic) bond motifs is 5. The van der Waals surface area contributed by atoms with E-state index in [1.807, 2.05) is 0 Å². The summed E-state index contributed by atoms with van der Waals surface area (Å²) >= 11 is 0. The number of ether oxygens (including phenoxy) is 2. The predicted molar refractivity (Wildman–Crippen MR) is 104 cm³/mol. The quantitative estimate of drug-likeness (QED) is 0.329. The number of epoxide rings is 1. The summed E-state index contributed by atoms with van der Waals surface area (Å²) in [5, 5.41) is 8.70. The minimum Gasteiger partial charge on any atom is -0.481 e. The summed E-state index contributed by atoms with van der Waals surface area (Å²) in [6, 6.07) is 0. The molecule has 4 fully saturated rings. The molecule has 0 spiro atoms. The van der Waals surface area contributed by atoms with E-state index in [1.54, 1.807) is 0 Å². The van der Waals surface area contributed by atoms with E-state index in [9.17, 15) is 9.00 Å². The van der Waals surface area contributed by atoms with Crippen molar-refractivity contribution in [1.82, 2.24) is 0 Å². The van der Waals surface area contributed by atoms with E-state index in [0.717, 1.165) is 36.7 Å². The van der Waals surface area contributed by atoms with Crippen molar-refractivity contribution in [3.63, 3.8) is 0 Å². The first-order valence-corrected chi connectivity index (χ1v) is 12.1. The first-order chi connectivity index (χ1) is 13.1. The lowest BCUT2D eigenvalue weighted by Crippen LogP contribution is -2.36. The normalized spacial score (nSPS) is 38.5. The molecule has 0 aromatic carbocycles. The Morgan fingerprint density at radius 3 is 2.48 bits per heavy atom. The van der Waals surface area contributed by atoms with Crippen molar-refractivity contribution in [3.05, 3.63) is 12.2 Å². The van der Waals surface area contributed by atoms with E-state index in [4.69, 9.17) is 14.6 Å². The van der Waals surface area contributed by atoms with Gasteiger partial charge in [-0.15, -0.1) is 0 Å². The van der Waals surface area contributed by atoms with Crippen molar-refractivity contribution in [1.29, 1.82) is 0 Å². The Morgan fingerprint density at radius 2 is 1.74 bits per heavy atom. The molecular formula is C21H32O5S. The van der Waals surface area contributed by atoms with Gasteiger partial charge in [-0.2, -0.15) is 0 Å². The Bertz CT molecular complexity index is 585. The zero-order valence-electron chi connectivity index (χ0n) is 16.0. The van der Waals surface area contributed by atoms with E-state index >= 15 is 0 Å². The highest BCUT2D eigenvalue weighted by Gasteiger charge is 2.68. The zero-order chi connectivity index (χ0) is 18.8. The van der Waals surface area contributed by atoms with Crippen LogP contribution in [0.5, 0.6) is 0 Å². The smallest absolute Gasteiger partial charge is 0.303 e. The van der Waals surface area contributed by atoms with Crippen LogP contribution in [0.15, 0.2) is 12.2 Å². The Hall–Kier alpha value is -0.720. The molecule has 4 aliphatic rings. The second kappa shape index (κ2) is 8.75. The Kier molecular flexibility index (Phi) is 6.35. The molecule has 1 N–H and O–H groups in total. The van der Waals surface area contributed by atoms with E-state index in [2.05, 4.69) is 12.2 Å². The Labute approximate surface area is 164 Å². The van der Waals surface area contributed by atoms with Gasteiger partial charge in [0.15, 0.2) is 0 Å². The van der Waals surface area contributed by atoms with Gasteiger partial charge in [-0.05, 0) is 37.5 Å². The van der Waals surface area contributed by atoms with Gasteiger partial charge in [-0.1, -0.05) is 37.8 Å². The molecule has 0 aromatic heterocycles. The van der Waals surface area contributed by atoms with Gasteiger partial charge < -0.3 is 14.6 Å². The van der Waals surface area contributed by atoms with Crippen molar-refractivity contribution < 1.29 is 23.6 Å². The van der Waals surface area contributed by atoms with Crippen LogP contribution in [-0.4, -0.2) is 51.2 Å². The number of carboxylic acids is 1. The summed E-state index contributed by atoms with van der Waals surface area (Å²) < 4.78 is 24.7. The number of rotatable bonds is 11. The molecule has 0 radical (unpaired) electrons. The molecule has 6 heteroatoms. The number of hydrogen-bond acceptors (Lipinski definition) is 4. The van der Waals surface area contributed by atoms with Crippen LogP contribution >= 0.6 is 0 Å². The summed E-state index contributed by atoms with van der Waals surface area (Å²) in [6.45, 7) is 0. The molecule has 27 heavy (non-hydrogen) atoms. The average molecular weight is 397 g/mol. The van der Waals surface area contributed by atoms with Crippen molar-refractivity contribution in [2.75, 3.05) is 11.5 Å². The standard InChI is InChI=1S/C21H32O5S/c22-17(23)10-4-2-1-3-9-15-16(19-21-20(26-21)18(15)25-19)13-27(24)12-11-14-7-5-6-8-14/h1,3,14-16,18-21H,2,4-13H2,(H,22,23)/b3-1-/t15-,16+,18+,19-,20-,21+,27?/m0/s1. The maximum absolute atomic E-state index is 12.7. The van der Waals surface area contributed by atoms with Gasteiger partial charge in [0.2, 0.25) is 0 Å². The van der Waals surface area contributed by atoms with Crippen LogP contribution in [0.25, 0.3) is 0 Å². The lowest BCUT2D eigenvalue weighted by molar-refractivity contribution is -0.137. The number of unbranched alkanes of at least 4 members (excludes halogenated alkanes) is 1. The van der Waals surface area contributed by atoms with E-state index in [0.29, 0.717) is 18.3 Å². The number of carboxylic acid groups (broad SMARTS) is 1. The van der Waals surface area contributed by atoms with Crippen LogP contribution in [0.4, 0.5) is 0 Å². The van der Waals surface area contributed by atoms with E-state index in [-0.39, 0.29) is 30.8 Å². The van der Waals surface area contributed by atoms with Gasteiger partial charge in [-0.25, -0.2) is 0 Å². The van der Waals surface area contributed by atoms with Crippen molar-refractivity contribution in [2.24, 2.45) is 17.8 Å². The Balaban J connectivity index is 1.25. The summed E-state index contributed by atoms with van der Waals surface area (Å²) in [5.41, 5.74) is 0. The number of hydrogen-bond donors (Lipinski definition) is 1. The average Bonchev–Trinajstić information content (AvgIpc) is 3.00. The SMILES string of the molecule is O=C(O)CCC/C=C\C[C@H]1[C@@H](CS(=O)CCC2CCCC2)[C@@H]2O[C@H]1[C@@H]1O[C@@H]12. The first kappa shape index (κ1) is 19.6. The highest BCUT2D eigenvalue weighted by Crippen LogP contribution is 2.55. The van der Waals surface area contributed by atoms with Crippen molar-refractivity contribution in [3.8, 4) is 0 Å². The maximum Gasteiger partial charge on any atom is 0.303 e. The van der Waals surface area contributed by atoms with Gasteiger partial charge in [0, 0.05) is 34.6 Å². The topological polar surface area (TPSA) is 76.1 Å². The molecule has 0 amide bonds. The minimum atomic E-state index is -0.765. The monoisotopic (exact) mass is 396 g/mol. The molecule has 4 rings (SSSR count). The third-order valence-corrected chi connectivity index (χ3v) is 8.31. The lowest BCUT2D eigenvalue weighted by Gasteiger charge is -2.25. The summed E-state index contributed by atoms with van der Waals surface area (Å²) in [4.78, 5) is 10.6. The highest BCUT2D eigenvalue weighted by atomic mass is 32.2. The molecule has 2 bridgehead atoms. The molecule has 3 aliphatic heterocycles. The second-order valence-electron chi connectivity index (χ2n) is 8.70. The lowest BCUT2D eigenvalue weighted by atomic mass is 9.78. The highest BCUT2D eigenvalue weighted by molar-refractivity contribution is 7.84. The first-order valence-electron chi connectivity index (χ1n) is 10.7. The van der Waals surface area contributed by atoms with Gasteiger partial charge in [0.05, 0.1) is 12.2 Å². The van der Waals surface area contributed by atoms with E-state index < -0.39 is 16.8 Å². The van der Waals surface area contributed by atoms with Gasteiger partial charge in [0.25, 0.3) is 0 Å². The van der Waals surface area contributed by atoms with Crippen LogP contribution < -0.4 is 0 Å². The van der Waals surface area contributed by atoms with Gasteiger partial charge in [0.1, 0.15) is 12.2 Å². The van der Waals surface area contributed by atoms with Gasteiger partial charge in [-0.3, -0.25) is 9.00 Å². The molecule has 3 heterocycles. The van der Waals surface area contributed by atoms with Crippen LogP contribution in [-0.2, 0) is 25.1 Å². The molecule has 152 valence electrons. The number of aliphatic carboxylic acids is 1. The number of carbonyl (C=O) groups is 1. The molecule has 5 nitrogen and oxygen atoms in total. The third kappa shape index (κ3) is 4.65. The molecule has 0 aromatic rings. The van der Waals surface area contributed by atoms with E-state index in [1.165, 1.54) is 25.7 Å². The molecule has 1 unspecified atom stereocenters. The molecular weight excluding hydrogens is 364 g/mol. The zero-order valence-corrected chi connectivity index (χ0v) is 16.8. The summed E-state index contributed by atoms with van der Waals surface area (Å²) in [6.07, 6.45) is 14.2. The minimum absolute atomic E-state index is 0.140. The van der Waals surface area contributed by atoms with Crippen LogP contribution in [0, 0.1) is 17.8 Å². The maximum atomic E-state index is 12.7. The molecule has 1 aliphatic carbocycles. The predicted octanol–water partition coefficient (Wildman–Crippen LogP) is 3.30. The molecule has 1 saturated carbocycles. The second-order valence-corrected chi connectivity index (χ2v) is 10.3. The fourth-order valence-electron chi connectivity index (χ4n) is 5.34. The third-order valence-electron chi connectivity index (χ3n) is 6.86. The van der Waals surface area contributed by atoms with Crippen LogP contribution in [0.3, 0.4) is 0 Å². The Morgan fingerprint density at radius 1 is 1.04 bits per heavy atom. The number of allylic oxidation sites excluding steroid dienone is 2. The summed E-state index contributed by atoms with van der Waals surface area (Å²) in [5.74, 6) is 2.38. The van der Waals surface area contributed by atoms with Gasteiger partial charge >= 0.3 is 5.97 Å². The summed E-state index contributed by atoms with van der Waals surface area (Å²) in [7, 11) is -0.765. The fraction of sp³-hybridized carbons (Fsp3) is 0.857. The largest absolute Gasteiger partial charge is 0.481 e. The van der Waals surface area contributed by atoms with Crippen molar-refractivity contribution in [2.45, 2.75) is 82.2 Å². The molecule has 3 saturated heterocycles. The van der Waals surface area contributed by atoms with Crippen LogP contribution in [0.2, 0.25) is 0 Å². The molecule has 7 atom stereocenters. The van der Waals surface area contributed by atoms with Crippen molar-refractivity contribution >= 4 is 16.8 Å². The fourth-order valence-corrected chi connectivity index (χ4v) is 6.97. The van der Waals surface area contributed by atoms with Crippen LogP contribution in [0.1, 0.15) is 57.8 Å².